The van der Waals surface area contributed by atoms with Gasteiger partial charge in [-0.25, -0.2) is 4.98 Å². The van der Waals surface area contributed by atoms with Crippen LogP contribution in [0.3, 0.4) is 0 Å². The van der Waals surface area contributed by atoms with Crippen molar-refractivity contribution in [2.24, 2.45) is 7.05 Å². The SMILES string of the molecule is Cn1c(-c2cccnc2)nc2ccc(CCl)cc21. The molecule has 0 saturated carbocycles. The Morgan fingerprint density at radius 1 is 1.28 bits per heavy atom. The molecule has 18 heavy (non-hydrogen) atoms. The van der Waals surface area contributed by atoms with E-state index < -0.39 is 0 Å². The van der Waals surface area contributed by atoms with Crippen LogP contribution < -0.4 is 0 Å². The summed E-state index contributed by atoms with van der Waals surface area (Å²) >= 11 is 5.86. The third kappa shape index (κ3) is 1.77. The maximum absolute atomic E-state index is 5.86. The van der Waals surface area contributed by atoms with Crippen LogP contribution in [-0.4, -0.2) is 14.5 Å². The summed E-state index contributed by atoms with van der Waals surface area (Å²) in [4.78, 5) is 8.77. The molecule has 0 aliphatic rings. The molecule has 1 aromatic carbocycles. The van der Waals surface area contributed by atoms with Gasteiger partial charge in [0, 0.05) is 30.9 Å². The standard InChI is InChI=1S/C14H12ClN3/c1-18-13-7-10(8-15)4-5-12(13)17-14(18)11-3-2-6-16-9-11/h2-7,9H,8H2,1H3. The summed E-state index contributed by atoms with van der Waals surface area (Å²) in [5.74, 6) is 1.44. The second kappa shape index (κ2) is 4.42. The lowest BCUT2D eigenvalue weighted by Gasteiger charge is -2.02. The first kappa shape index (κ1) is 11.2. The van der Waals surface area contributed by atoms with Gasteiger partial charge in [0.05, 0.1) is 11.0 Å². The van der Waals surface area contributed by atoms with Crippen molar-refractivity contribution in [2.75, 3.05) is 0 Å². The highest BCUT2D eigenvalue weighted by molar-refractivity contribution is 6.17. The number of aromatic nitrogens is 3. The fourth-order valence-corrected chi connectivity index (χ4v) is 2.24. The first-order chi connectivity index (χ1) is 8.79. The predicted molar refractivity (Wildman–Crippen MR) is 73.5 cm³/mol. The summed E-state index contributed by atoms with van der Waals surface area (Å²) in [6.45, 7) is 0. The van der Waals surface area contributed by atoms with Crippen LogP contribution in [0, 0.1) is 0 Å². The molecule has 0 N–H and O–H groups in total. The van der Waals surface area contributed by atoms with Crippen LogP contribution in [0.25, 0.3) is 22.4 Å². The highest BCUT2D eigenvalue weighted by Crippen LogP contribution is 2.24. The summed E-state index contributed by atoms with van der Waals surface area (Å²) in [6.07, 6.45) is 3.58. The molecule has 2 aromatic heterocycles. The summed E-state index contributed by atoms with van der Waals surface area (Å²) in [5.41, 5.74) is 4.19. The van der Waals surface area contributed by atoms with E-state index in [2.05, 4.69) is 20.6 Å². The smallest absolute Gasteiger partial charge is 0.142 e. The molecule has 0 fully saturated rings. The van der Waals surface area contributed by atoms with Gasteiger partial charge in [0.15, 0.2) is 0 Å². The Bertz CT molecular complexity index is 689. The van der Waals surface area contributed by atoms with Gasteiger partial charge in [-0.2, -0.15) is 0 Å². The van der Waals surface area contributed by atoms with Crippen LogP contribution in [0.1, 0.15) is 5.56 Å². The molecule has 0 atom stereocenters. The zero-order valence-corrected chi connectivity index (χ0v) is 10.7. The minimum absolute atomic E-state index is 0.517. The molecular weight excluding hydrogens is 246 g/mol. The third-order valence-electron chi connectivity index (χ3n) is 3.02. The van der Waals surface area contributed by atoms with Gasteiger partial charge in [0.25, 0.3) is 0 Å². The zero-order valence-electron chi connectivity index (χ0n) is 9.97. The number of imidazole rings is 1. The van der Waals surface area contributed by atoms with Crippen molar-refractivity contribution in [2.45, 2.75) is 5.88 Å². The average molecular weight is 258 g/mol. The zero-order chi connectivity index (χ0) is 12.5. The first-order valence-electron chi connectivity index (χ1n) is 5.71. The van der Waals surface area contributed by atoms with Gasteiger partial charge >= 0.3 is 0 Å². The Kier molecular flexibility index (Phi) is 2.76. The third-order valence-corrected chi connectivity index (χ3v) is 3.33. The quantitative estimate of drug-likeness (QED) is 0.659. The molecule has 0 spiro atoms. The molecule has 0 bridgehead atoms. The van der Waals surface area contributed by atoms with Gasteiger partial charge in [-0.3, -0.25) is 4.98 Å². The fraction of sp³-hybridized carbons (Fsp3) is 0.143. The Balaban J connectivity index is 2.23. The van der Waals surface area contributed by atoms with Crippen LogP contribution in [0.15, 0.2) is 42.7 Å². The Hall–Kier alpha value is -1.87. The van der Waals surface area contributed by atoms with Crippen molar-refractivity contribution in [3.8, 4) is 11.4 Å². The number of rotatable bonds is 2. The average Bonchev–Trinajstić information content (AvgIpc) is 2.77. The number of benzene rings is 1. The summed E-state index contributed by atoms with van der Waals surface area (Å²) in [7, 11) is 2.01. The van der Waals surface area contributed by atoms with E-state index in [0.29, 0.717) is 5.88 Å². The minimum atomic E-state index is 0.517. The van der Waals surface area contributed by atoms with E-state index in [1.807, 2.05) is 37.5 Å². The van der Waals surface area contributed by atoms with E-state index in [4.69, 9.17) is 11.6 Å². The molecule has 0 aliphatic carbocycles. The molecule has 0 aliphatic heterocycles. The van der Waals surface area contributed by atoms with Gasteiger partial charge in [0.1, 0.15) is 5.82 Å². The Morgan fingerprint density at radius 3 is 2.89 bits per heavy atom. The minimum Gasteiger partial charge on any atom is -0.327 e. The summed E-state index contributed by atoms with van der Waals surface area (Å²) in [5, 5.41) is 0. The molecule has 0 saturated heterocycles. The first-order valence-corrected chi connectivity index (χ1v) is 6.25. The van der Waals surface area contributed by atoms with Gasteiger partial charge < -0.3 is 4.57 Å². The van der Waals surface area contributed by atoms with E-state index in [1.165, 1.54) is 0 Å². The lowest BCUT2D eigenvalue weighted by atomic mass is 10.2. The number of hydrogen-bond acceptors (Lipinski definition) is 2. The van der Waals surface area contributed by atoms with Gasteiger partial charge in [-0.15, -0.1) is 11.6 Å². The largest absolute Gasteiger partial charge is 0.327 e. The number of alkyl halides is 1. The molecule has 2 heterocycles. The second-order valence-corrected chi connectivity index (χ2v) is 4.46. The maximum atomic E-state index is 5.86. The summed E-state index contributed by atoms with van der Waals surface area (Å²) < 4.78 is 2.07. The van der Waals surface area contributed by atoms with Crippen molar-refractivity contribution in [1.82, 2.24) is 14.5 Å². The molecule has 0 radical (unpaired) electrons. The Morgan fingerprint density at radius 2 is 2.17 bits per heavy atom. The number of fused-ring (bicyclic) bond motifs is 1. The van der Waals surface area contributed by atoms with Crippen molar-refractivity contribution < 1.29 is 0 Å². The van der Waals surface area contributed by atoms with Crippen LogP contribution in [0.5, 0.6) is 0 Å². The molecule has 3 rings (SSSR count). The predicted octanol–water partition coefficient (Wildman–Crippen LogP) is 3.37. The van der Waals surface area contributed by atoms with Crippen molar-refractivity contribution in [3.05, 3.63) is 48.3 Å². The molecule has 0 amide bonds. The second-order valence-electron chi connectivity index (χ2n) is 4.19. The fourth-order valence-electron chi connectivity index (χ4n) is 2.07. The molecule has 4 heteroatoms. The van der Waals surface area contributed by atoms with E-state index in [9.17, 15) is 0 Å². The number of aryl methyl sites for hydroxylation is 1. The molecule has 0 unspecified atom stereocenters. The van der Waals surface area contributed by atoms with Crippen molar-refractivity contribution in [1.29, 1.82) is 0 Å². The maximum Gasteiger partial charge on any atom is 0.142 e. The van der Waals surface area contributed by atoms with Crippen molar-refractivity contribution >= 4 is 22.6 Å². The monoisotopic (exact) mass is 257 g/mol. The topological polar surface area (TPSA) is 30.7 Å². The van der Waals surface area contributed by atoms with Crippen LogP contribution >= 0.6 is 11.6 Å². The normalized spacial score (nSPS) is 11.0. The lowest BCUT2D eigenvalue weighted by Crippen LogP contribution is -1.92. The number of pyridine rings is 1. The summed E-state index contributed by atoms with van der Waals surface area (Å²) in [6, 6.07) is 10.0. The molecule has 3 aromatic rings. The van der Waals surface area contributed by atoms with Gasteiger partial charge in [-0.05, 0) is 29.8 Å². The molecular formula is C14H12ClN3. The molecule has 90 valence electrons. The van der Waals surface area contributed by atoms with Crippen LogP contribution in [0.4, 0.5) is 0 Å². The van der Waals surface area contributed by atoms with E-state index in [-0.39, 0.29) is 0 Å². The highest BCUT2D eigenvalue weighted by atomic mass is 35.5. The number of nitrogens with zero attached hydrogens (tertiary/aromatic N) is 3. The van der Waals surface area contributed by atoms with Gasteiger partial charge in [0.2, 0.25) is 0 Å². The number of hydrogen-bond donors (Lipinski definition) is 0. The van der Waals surface area contributed by atoms with E-state index >= 15 is 0 Å². The van der Waals surface area contributed by atoms with Gasteiger partial charge in [-0.1, -0.05) is 6.07 Å². The highest BCUT2D eigenvalue weighted by Gasteiger charge is 2.09. The van der Waals surface area contributed by atoms with Crippen LogP contribution in [-0.2, 0) is 12.9 Å². The van der Waals surface area contributed by atoms with E-state index in [1.54, 1.807) is 6.20 Å². The van der Waals surface area contributed by atoms with Crippen LogP contribution in [0.2, 0.25) is 0 Å². The Labute approximate surface area is 110 Å². The molecule has 3 nitrogen and oxygen atoms in total. The van der Waals surface area contributed by atoms with E-state index in [0.717, 1.165) is 28.0 Å². The number of halogens is 1. The van der Waals surface area contributed by atoms with Crippen molar-refractivity contribution in [3.63, 3.8) is 0 Å². The lowest BCUT2D eigenvalue weighted by molar-refractivity contribution is 0.957.